The Hall–Kier alpha value is -1.58. The molecule has 0 aromatic heterocycles. The Morgan fingerprint density at radius 3 is 1.60 bits per heavy atom. The minimum absolute atomic E-state index is 0.133. The number of allylic oxidation sites excluding steroid dienone is 2. The van der Waals surface area contributed by atoms with Gasteiger partial charge in [0.15, 0.2) is 0 Å². The highest BCUT2D eigenvalue weighted by atomic mass is 16.4. The summed E-state index contributed by atoms with van der Waals surface area (Å²) in [6.45, 7) is 11.6. The first-order valence-electron chi connectivity index (χ1n) is 6.67. The van der Waals surface area contributed by atoms with E-state index < -0.39 is 11.9 Å². The lowest BCUT2D eigenvalue weighted by atomic mass is 9.87. The molecule has 0 heterocycles. The van der Waals surface area contributed by atoms with Crippen LogP contribution in [-0.2, 0) is 9.59 Å². The van der Waals surface area contributed by atoms with E-state index in [2.05, 4.69) is 0 Å². The summed E-state index contributed by atoms with van der Waals surface area (Å²) < 4.78 is 0. The Morgan fingerprint density at radius 2 is 1.30 bits per heavy atom. The number of hydrogen-bond acceptors (Lipinski definition) is 2. The number of aliphatic carboxylic acids is 2. The van der Waals surface area contributed by atoms with Crippen LogP contribution >= 0.6 is 0 Å². The number of carboxylic acids is 2. The molecular formula is C16H26O4. The maximum Gasteiger partial charge on any atom is 0.331 e. The van der Waals surface area contributed by atoms with Gasteiger partial charge in [-0.25, -0.2) is 4.79 Å². The van der Waals surface area contributed by atoms with Gasteiger partial charge in [0.05, 0.1) is 6.42 Å². The van der Waals surface area contributed by atoms with Crippen molar-refractivity contribution in [1.82, 2.24) is 0 Å². The molecule has 0 radical (unpaired) electrons. The van der Waals surface area contributed by atoms with E-state index in [1.807, 2.05) is 47.6 Å². The summed E-state index contributed by atoms with van der Waals surface area (Å²) in [6.07, 6.45) is 3.57. The van der Waals surface area contributed by atoms with Crippen molar-refractivity contribution in [2.75, 3.05) is 0 Å². The largest absolute Gasteiger partial charge is 0.481 e. The van der Waals surface area contributed by atoms with Gasteiger partial charge in [0, 0.05) is 12.0 Å². The molecule has 2 N–H and O–H groups in total. The zero-order valence-electron chi connectivity index (χ0n) is 13.3. The molecule has 0 spiro atoms. The number of rotatable bonds is 5. The van der Waals surface area contributed by atoms with Crippen molar-refractivity contribution in [1.29, 1.82) is 0 Å². The maximum atomic E-state index is 11.3. The van der Waals surface area contributed by atoms with Gasteiger partial charge in [-0.2, -0.15) is 0 Å². The molecule has 0 fully saturated rings. The molecule has 0 atom stereocenters. The molecule has 0 bridgehead atoms. The topological polar surface area (TPSA) is 74.6 Å². The summed E-state index contributed by atoms with van der Waals surface area (Å²) in [7, 11) is 0. The molecule has 20 heavy (non-hydrogen) atoms. The van der Waals surface area contributed by atoms with E-state index >= 15 is 0 Å². The van der Waals surface area contributed by atoms with Crippen molar-refractivity contribution < 1.29 is 19.8 Å². The second-order valence-electron chi connectivity index (χ2n) is 7.26. The van der Waals surface area contributed by atoms with Gasteiger partial charge in [0.25, 0.3) is 0 Å². The second-order valence-corrected chi connectivity index (χ2v) is 7.26. The molecule has 0 unspecified atom stereocenters. The van der Waals surface area contributed by atoms with E-state index in [1.165, 1.54) is 0 Å². The predicted molar refractivity (Wildman–Crippen MR) is 79.6 cm³/mol. The quantitative estimate of drug-likeness (QED) is 0.592. The van der Waals surface area contributed by atoms with Gasteiger partial charge in [-0.1, -0.05) is 59.3 Å². The van der Waals surface area contributed by atoms with Crippen LogP contribution in [0.3, 0.4) is 0 Å². The van der Waals surface area contributed by atoms with Crippen LogP contribution in [0.5, 0.6) is 0 Å². The third kappa shape index (κ3) is 9.36. The zero-order valence-corrected chi connectivity index (χ0v) is 13.3. The van der Waals surface area contributed by atoms with Gasteiger partial charge in [-0.15, -0.1) is 0 Å². The molecule has 4 nitrogen and oxygen atoms in total. The van der Waals surface area contributed by atoms with Gasteiger partial charge in [-0.3, -0.25) is 4.79 Å². The fourth-order valence-electron chi connectivity index (χ4n) is 1.93. The van der Waals surface area contributed by atoms with E-state index in [0.29, 0.717) is 5.57 Å². The Morgan fingerprint density at radius 1 is 0.850 bits per heavy atom. The average molecular weight is 282 g/mol. The van der Waals surface area contributed by atoms with E-state index in [-0.39, 0.29) is 29.2 Å². The molecule has 0 aromatic carbocycles. The Bertz CT molecular complexity index is 428. The maximum absolute atomic E-state index is 11.3. The molecule has 0 saturated carbocycles. The van der Waals surface area contributed by atoms with Gasteiger partial charge < -0.3 is 10.2 Å². The predicted octanol–water partition coefficient (Wildman–Crippen LogP) is 3.88. The van der Waals surface area contributed by atoms with Crippen LogP contribution in [0.2, 0.25) is 0 Å². The molecule has 0 rings (SSSR count). The summed E-state index contributed by atoms with van der Waals surface area (Å²) in [4.78, 5) is 22.2. The van der Waals surface area contributed by atoms with Crippen LogP contribution in [0.4, 0.5) is 0 Å². The Balaban J connectivity index is 5.41. The first kappa shape index (κ1) is 18.4. The van der Waals surface area contributed by atoms with Crippen LogP contribution < -0.4 is 0 Å². The summed E-state index contributed by atoms with van der Waals surface area (Å²) >= 11 is 0. The third-order valence-corrected chi connectivity index (χ3v) is 2.31. The van der Waals surface area contributed by atoms with E-state index in [1.54, 1.807) is 6.08 Å². The summed E-state index contributed by atoms with van der Waals surface area (Å²) in [5.74, 6) is -1.94. The monoisotopic (exact) mass is 282 g/mol. The third-order valence-electron chi connectivity index (χ3n) is 2.31. The second kappa shape index (κ2) is 6.73. The van der Waals surface area contributed by atoms with Gasteiger partial charge in [0.2, 0.25) is 0 Å². The average Bonchev–Trinajstić information content (AvgIpc) is 2.09. The van der Waals surface area contributed by atoms with E-state index in [4.69, 9.17) is 5.11 Å². The highest BCUT2D eigenvalue weighted by Crippen LogP contribution is 2.26. The molecule has 0 aliphatic heterocycles. The van der Waals surface area contributed by atoms with Crippen molar-refractivity contribution in [3.8, 4) is 0 Å². The highest BCUT2D eigenvalue weighted by Gasteiger charge is 2.18. The van der Waals surface area contributed by atoms with Gasteiger partial charge in [-0.05, 0) is 10.8 Å². The minimum atomic E-state index is -0.995. The first-order valence-corrected chi connectivity index (χ1v) is 6.67. The Labute approximate surface area is 121 Å². The molecule has 114 valence electrons. The SMILES string of the molecule is CC(C)(C)C=C(CC(=O)O)CC(=CC(C)(C)C)C(=O)O. The van der Waals surface area contributed by atoms with Crippen LogP contribution in [-0.4, -0.2) is 22.2 Å². The summed E-state index contributed by atoms with van der Waals surface area (Å²) in [6, 6.07) is 0. The van der Waals surface area contributed by atoms with Crippen LogP contribution in [0.1, 0.15) is 54.4 Å². The number of carbonyl (C=O) groups is 2. The zero-order chi connectivity index (χ0) is 16.1. The van der Waals surface area contributed by atoms with Gasteiger partial charge >= 0.3 is 11.9 Å². The normalized spacial score (nSPS) is 14.3. The van der Waals surface area contributed by atoms with E-state index in [0.717, 1.165) is 0 Å². The highest BCUT2D eigenvalue weighted by molar-refractivity contribution is 5.87. The standard InChI is InChI=1S/C16H26O4/c1-15(2,3)9-11(8-13(17)18)7-12(14(19)20)10-16(4,5)6/h9-10H,7-8H2,1-6H3,(H,17,18)(H,19,20). The van der Waals surface area contributed by atoms with Crippen LogP contribution in [0.25, 0.3) is 0 Å². The van der Waals surface area contributed by atoms with Crippen molar-refractivity contribution >= 4 is 11.9 Å². The number of carboxylic acid groups (broad SMARTS) is 2. The van der Waals surface area contributed by atoms with Crippen LogP contribution in [0, 0.1) is 10.8 Å². The lowest BCUT2D eigenvalue weighted by molar-refractivity contribution is -0.136. The van der Waals surface area contributed by atoms with Crippen molar-refractivity contribution in [2.24, 2.45) is 10.8 Å². The summed E-state index contributed by atoms with van der Waals surface area (Å²) in [5, 5.41) is 18.2. The van der Waals surface area contributed by atoms with Crippen molar-refractivity contribution in [2.45, 2.75) is 54.4 Å². The summed E-state index contributed by atoms with van der Waals surface area (Å²) in [5.41, 5.74) is 0.428. The smallest absolute Gasteiger partial charge is 0.331 e. The minimum Gasteiger partial charge on any atom is -0.481 e. The lowest BCUT2D eigenvalue weighted by Gasteiger charge is -2.18. The molecule has 0 amide bonds. The van der Waals surface area contributed by atoms with Crippen molar-refractivity contribution in [3.63, 3.8) is 0 Å². The Kier molecular flexibility index (Phi) is 6.20. The fourth-order valence-corrected chi connectivity index (χ4v) is 1.93. The first-order chi connectivity index (χ1) is 8.80. The molecule has 4 heteroatoms. The molecule has 0 aliphatic rings. The molecule has 0 saturated heterocycles. The van der Waals surface area contributed by atoms with Crippen LogP contribution in [0.15, 0.2) is 23.3 Å². The van der Waals surface area contributed by atoms with Gasteiger partial charge in [0.1, 0.15) is 0 Å². The molecule has 0 aliphatic carbocycles. The fraction of sp³-hybridized carbons (Fsp3) is 0.625. The lowest BCUT2D eigenvalue weighted by Crippen LogP contribution is -2.11. The number of hydrogen-bond donors (Lipinski definition) is 2. The molecule has 0 aromatic rings. The van der Waals surface area contributed by atoms with Crippen molar-refractivity contribution in [3.05, 3.63) is 23.3 Å². The van der Waals surface area contributed by atoms with E-state index in [9.17, 15) is 14.7 Å². The molecular weight excluding hydrogens is 256 g/mol.